The van der Waals surface area contributed by atoms with E-state index in [1.807, 2.05) is 11.3 Å². The van der Waals surface area contributed by atoms with E-state index in [0.29, 0.717) is 0 Å². The van der Waals surface area contributed by atoms with E-state index in [1.54, 1.807) is 0 Å². The normalized spacial score (nSPS) is 19.6. The molecule has 18 heavy (non-hydrogen) atoms. The third-order valence-corrected chi connectivity index (χ3v) is 4.90. The lowest BCUT2D eigenvalue weighted by Gasteiger charge is -2.24. The molecule has 0 atom stereocenters. The van der Waals surface area contributed by atoms with Crippen LogP contribution in [0.1, 0.15) is 38.0 Å². The van der Waals surface area contributed by atoms with E-state index in [0.717, 1.165) is 6.54 Å². The first-order valence-corrected chi connectivity index (χ1v) is 7.52. The molecule has 1 aliphatic rings. The van der Waals surface area contributed by atoms with Gasteiger partial charge in [0.1, 0.15) is 0 Å². The fraction of sp³-hybridized carbons (Fsp3) is 0.438. The molecule has 3 rings (SSSR count). The summed E-state index contributed by atoms with van der Waals surface area (Å²) in [6.07, 6.45) is 3.78. The molecule has 0 spiro atoms. The van der Waals surface area contributed by atoms with Crippen molar-refractivity contribution in [1.82, 2.24) is 0 Å². The van der Waals surface area contributed by atoms with Crippen LogP contribution in [0.2, 0.25) is 0 Å². The summed E-state index contributed by atoms with van der Waals surface area (Å²) in [4.78, 5) is 6.23. The molecule has 2 heterocycles. The number of rotatable bonds is 1. The highest BCUT2D eigenvalue weighted by Gasteiger charge is 2.28. The molecule has 1 aromatic carbocycles. The predicted molar refractivity (Wildman–Crippen MR) is 80.9 cm³/mol. The molecule has 0 bridgehead atoms. The first-order valence-electron chi connectivity index (χ1n) is 6.71. The van der Waals surface area contributed by atoms with Crippen molar-refractivity contribution in [2.75, 3.05) is 6.54 Å². The minimum Gasteiger partial charge on any atom is -0.288 e. The number of aliphatic imine (C=N–C) groups is 1. The van der Waals surface area contributed by atoms with Gasteiger partial charge in [0, 0.05) is 21.5 Å². The largest absolute Gasteiger partial charge is 0.288 e. The molecule has 2 aromatic rings. The summed E-state index contributed by atoms with van der Waals surface area (Å²) in [7, 11) is 0. The van der Waals surface area contributed by atoms with Gasteiger partial charge in [-0.3, -0.25) is 4.99 Å². The fourth-order valence-electron chi connectivity index (χ4n) is 2.71. The van der Waals surface area contributed by atoms with Crippen molar-refractivity contribution in [2.45, 2.75) is 33.1 Å². The molecule has 2 heteroatoms. The smallest absolute Gasteiger partial charge is 0.0576 e. The molecule has 0 saturated carbocycles. The zero-order valence-corrected chi connectivity index (χ0v) is 11.9. The minimum atomic E-state index is 0.220. The molecule has 0 fully saturated rings. The van der Waals surface area contributed by atoms with Gasteiger partial charge >= 0.3 is 0 Å². The van der Waals surface area contributed by atoms with Gasteiger partial charge in [-0.15, -0.1) is 11.3 Å². The quantitative estimate of drug-likeness (QED) is 0.689. The molecule has 1 aliphatic heterocycles. The van der Waals surface area contributed by atoms with Gasteiger partial charge < -0.3 is 0 Å². The van der Waals surface area contributed by atoms with Crippen molar-refractivity contribution in [3.8, 4) is 0 Å². The standard InChI is InChI=1S/C16H19NS/c1-16(2)9-5-6-10-17-15(16)14-11-12-7-3-4-8-13(12)18-14/h3-4,7-8,11H,5-6,9-10H2,1-2H3. The number of fused-ring (bicyclic) bond motifs is 1. The van der Waals surface area contributed by atoms with Crippen LogP contribution in [0.15, 0.2) is 35.3 Å². The van der Waals surface area contributed by atoms with Gasteiger partial charge in [-0.05, 0) is 30.4 Å². The highest BCUT2D eigenvalue weighted by Crippen LogP contribution is 2.35. The summed E-state index contributed by atoms with van der Waals surface area (Å²) in [5, 5.41) is 1.35. The van der Waals surface area contributed by atoms with E-state index >= 15 is 0 Å². The molecule has 0 saturated heterocycles. The van der Waals surface area contributed by atoms with E-state index in [9.17, 15) is 0 Å². The van der Waals surface area contributed by atoms with Gasteiger partial charge in [0.2, 0.25) is 0 Å². The molecular formula is C16H19NS. The molecule has 1 nitrogen and oxygen atoms in total. The van der Waals surface area contributed by atoms with Crippen molar-refractivity contribution in [2.24, 2.45) is 10.4 Å². The Labute approximate surface area is 113 Å². The molecule has 1 aromatic heterocycles. The Hall–Kier alpha value is -1.15. The van der Waals surface area contributed by atoms with Crippen LogP contribution in [0.4, 0.5) is 0 Å². The zero-order chi connectivity index (χ0) is 12.6. The van der Waals surface area contributed by atoms with Crippen LogP contribution in [-0.4, -0.2) is 12.3 Å². The topological polar surface area (TPSA) is 12.4 Å². The van der Waals surface area contributed by atoms with Crippen LogP contribution in [0.3, 0.4) is 0 Å². The highest BCUT2D eigenvalue weighted by atomic mass is 32.1. The van der Waals surface area contributed by atoms with E-state index in [-0.39, 0.29) is 5.41 Å². The monoisotopic (exact) mass is 257 g/mol. The average Bonchev–Trinajstić information content (AvgIpc) is 2.67. The van der Waals surface area contributed by atoms with Crippen molar-refractivity contribution in [1.29, 1.82) is 0 Å². The zero-order valence-electron chi connectivity index (χ0n) is 11.1. The maximum Gasteiger partial charge on any atom is 0.0576 e. The van der Waals surface area contributed by atoms with Crippen LogP contribution in [0.5, 0.6) is 0 Å². The Balaban J connectivity index is 2.09. The lowest BCUT2D eigenvalue weighted by Crippen LogP contribution is -2.23. The number of hydrogen-bond donors (Lipinski definition) is 0. The average molecular weight is 257 g/mol. The van der Waals surface area contributed by atoms with Crippen LogP contribution in [-0.2, 0) is 0 Å². The lowest BCUT2D eigenvalue weighted by atomic mass is 9.82. The molecule has 94 valence electrons. The SMILES string of the molecule is CC1(C)CCCCN=C1c1cc2ccccc2s1. The maximum atomic E-state index is 4.87. The van der Waals surface area contributed by atoms with Gasteiger partial charge in [-0.25, -0.2) is 0 Å². The number of benzene rings is 1. The van der Waals surface area contributed by atoms with Gasteiger partial charge in [0.15, 0.2) is 0 Å². The number of thiophene rings is 1. The van der Waals surface area contributed by atoms with Crippen molar-refractivity contribution < 1.29 is 0 Å². The highest BCUT2D eigenvalue weighted by molar-refractivity contribution is 7.21. The summed E-state index contributed by atoms with van der Waals surface area (Å²) < 4.78 is 1.37. The van der Waals surface area contributed by atoms with Gasteiger partial charge in [0.25, 0.3) is 0 Å². The summed E-state index contributed by atoms with van der Waals surface area (Å²) in [6, 6.07) is 10.9. The van der Waals surface area contributed by atoms with E-state index in [4.69, 9.17) is 4.99 Å². The molecular weight excluding hydrogens is 238 g/mol. The van der Waals surface area contributed by atoms with Crippen LogP contribution < -0.4 is 0 Å². The fourth-order valence-corrected chi connectivity index (χ4v) is 3.96. The third kappa shape index (κ3) is 2.10. The molecule has 0 aliphatic carbocycles. The second-order valence-electron chi connectivity index (χ2n) is 5.72. The van der Waals surface area contributed by atoms with Crippen molar-refractivity contribution >= 4 is 27.1 Å². The Morgan fingerprint density at radius 3 is 2.83 bits per heavy atom. The van der Waals surface area contributed by atoms with Gasteiger partial charge in [-0.1, -0.05) is 38.5 Å². The van der Waals surface area contributed by atoms with E-state index in [1.165, 1.54) is 39.9 Å². The van der Waals surface area contributed by atoms with Crippen molar-refractivity contribution in [3.63, 3.8) is 0 Å². The summed E-state index contributed by atoms with van der Waals surface area (Å²) in [5.41, 5.74) is 1.54. The van der Waals surface area contributed by atoms with Crippen LogP contribution in [0, 0.1) is 5.41 Å². The summed E-state index contributed by atoms with van der Waals surface area (Å²) in [5.74, 6) is 0. The molecule has 0 amide bonds. The van der Waals surface area contributed by atoms with E-state index in [2.05, 4.69) is 44.2 Å². The lowest BCUT2D eigenvalue weighted by molar-refractivity contribution is 0.464. The molecule has 0 radical (unpaired) electrons. The number of hydrogen-bond acceptors (Lipinski definition) is 2. The second-order valence-corrected chi connectivity index (χ2v) is 6.80. The Kier molecular flexibility index (Phi) is 2.98. The summed E-state index contributed by atoms with van der Waals surface area (Å²) in [6.45, 7) is 5.66. The Morgan fingerprint density at radius 2 is 2.00 bits per heavy atom. The van der Waals surface area contributed by atoms with Crippen molar-refractivity contribution in [3.05, 3.63) is 35.2 Å². The first-order chi connectivity index (χ1) is 8.67. The van der Waals surface area contributed by atoms with E-state index < -0.39 is 0 Å². The Bertz CT molecular complexity index is 559. The maximum absolute atomic E-state index is 4.87. The van der Waals surface area contributed by atoms with Crippen LogP contribution >= 0.6 is 11.3 Å². The van der Waals surface area contributed by atoms with Gasteiger partial charge in [-0.2, -0.15) is 0 Å². The second kappa shape index (κ2) is 4.51. The Morgan fingerprint density at radius 1 is 1.17 bits per heavy atom. The van der Waals surface area contributed by atoms with Gasteiger partial charge in [0.05, 0.1) is 5.71 Å². The first kappa shape index (κ1) is 11.9. The molecule has 0 N–H and O–H groups in total. The third-order valence-electron chi connectivity index (χ3n) is 3.78. The number of nitrogens with zero attached hydrogens (tertiary/aromatic N) is 1. The minimum absolute atomic E-state index is 0.220. The summed E-state index contributed by atoms with van der Waals surface area (Å²) >= 11 is 1.88. The van der Waals surface area contributed by atoms with Crippen LogP contribution in [0.25, 0.3) is 10.1 Å². The predicted octanol–water partition coefficient (Wildman–Crippen LogP) is 4.90. The molecule has 0 unspecified atom stereocenters.